The van der Waals surface area contributed by atoms with Crippen molar-refractivity contribution < 1.29 is 0 Å². The van der Waals surface area contributed by atoms with Crippen molar-refractivity contribution >= 4 is 74.9 Å². The van der Waals surface area contributed by atoms with E-state index in [2.05, 4.69) is 132 Å². The van der Waals surface area contributed by atoms with E-state index in [4.69, 9.17) is 19.9 Å². The number of hydrogen-bond donors (Lipinski definition) is 0. The summed E-state index contributed by atoms with van der Waals surface area (Å²) in [6.07, 6.45) is 0. The zero-order valence-electron chi connectivity index (χ0n) is 28.1. The molecule has 7 aromatic carbocycles. The van der Waals surface area contributed by atoms with Gasteiger partial charge in [-0.15, -0.1) is 22.7 Å². The van der Waals surface area contributed by atoms with Gasteiger partial charge in [0.05, 0.1) is 21.3 Å². The first-order valence-corrected chi connectivity index (χ1v) is 19.1. The van der Waals surface area contributed by atoms with Gasteiger partial charge in [-0.25, -0.2) is 19.9 Å². The Hall–Kier alpha value is -6.54. The number of rotatable bonds is 5. The molecule has 0 aliphatic rings. The first kappa shape index (κ1) is 30.1. The van der Waals surface area contributed by atoms with Crippen LogP contribution in [-0.2, 0) is 0 Å². The summed E-state index contributed by atoms with van der Waals surface area (Å²) in [5, 5.41) is 5.91. The second-order valence-electron chi connectivity index (χ2n) is 13.1. The lowest BCUT2D eigenvalue weighted by molar-refractivity contribution is 1.07. The molecule has 0 radical (unpaired) electrons. The van der Waals surface area contributed by atoms with Gasteiger partial charge in [-0.3, -0.25) is 0 Å². The van der Waals surface area contributed by atoms with Crippen LogP contribution >= 0.6 is 22.7 Å². The average molecular weight is 714 g/mol. The molecule has 0 N–H and O–H groups in total. The van der Waals surface area contributed by atoms with Crippen LogP contribution in [0.1, 0.15) is 0 Å². The Labute approximate surface area is 312 Å². The molecule has 0 amide bonds. The SMILES string of the molecule is c1ccc(-c2nc(-c3ccc(-n4c5ccccc5c5ccc(-c6nc7ccccc7s6)cc54)cc3)nc(-c3ccc4sc5ccccc5c4c3)n2)cc1. The fraction of sp³-hybridized carbons (Fsp3) is 0. The molecule has 53 heavy (non-hydrogen) atoms. The molecule has 0 unspecified atom stereocenters. The van der Waals surface area contributed by atoms with Crippen LogP contribution in [0.25, 0.3) is 103 Å². The second kappa shape index (κ2) is 12.0. The second-order valence-corrected chi connectivity index (χ2v) is 15.2. The number of para-hydroxylation sites is 2. The summed E-state index contributed by atoms with van der Waals surface area (Å²) in [4.78, 5) is 20.1. The standard InChI is InChI=1S/C46H27N5S2/c1-2-10-28(11-3-1)43-48-44(50-45(49-43)30-21-25-41-36(26-30)35-13-5-8-16-40(35)52-41)29-18-22-32(23-19-29)51-38-15-7-4-12-33(38)34-24-20-31(27-39(34)51)46-47-37-14-6-9-17-42(37)53-46/h1-27H. The Morgan fingerprint density at radius 2 is 0.962 bits per heavy atom. The van der Waals surface area contributed by atoms with Crippen molar-refractivity contribution in [3.63, 3.8) is 0 Å². The molecule has 4 heterocycles. The maximum absolute atomic E-state index is 5.09. The molecule has 0 aliphatic heterocycles. The zero-order chi connectivity index (χ0) is 34.9. The molecular weight excluding hydrogens is 687 g/mol. The van der Waals surface area contributed by atoms with E-state index in [0.29, 0.717) is 17.5 Å². The van der Waals surface area contributed by atoms with Gasteiger partial charge < -0.3 is 4.57 Å². The summed E-state index contributed by atoms with van der Waals surface area (Å²) in [5.41, 5.74) is 8.34. The van der Waals surface area contributed by atoms with E-state index < -0.39 is 0 Å². The fourth-order valence-electron chi connectivity index (χ4n) is 7.35. The maximum atomic E-state index is 5.09. The summed E-state index contributed by atoms with van der Waals surface area (Å²) < 4.78 is 6.06. The van der Waals surface area contributed by atoms with Gasteiger partial charge in [0.15, 0.2) is 17.5 Å². The number of aromatic nitrogens is 5. The Kier molecular flexibility index (Phi) is 6.83. The minimum atomic E-state index is 0.635. The lowest BCUT2D eigenvalue weighted by atomic mass is 10.1. The van der Waals surface area contributed by atoms with E-state index in [9.17, 15) is 0 Å². The van der Waals surface area contributed by atoms with Gasteiger partial charge in [-0.2, -0.15) is 0 Å². The lowest BCUT2D eigenvalue weighted by Gasteiger charge is -2.11. The molecule has 0 bridgehead atoms. The van der Waals surface area contributed by atoms with Gasteiger partial charge in [-0.05, 0) is 72.8 Å². The smallest absolute Gasteiger partial charge is 0.164 e. The number of hydrogen-bond acceptors (Lipinski definition) is 6. The number of nitrogens with zero attached hydrogens (tertiary/aromatic N) is 5. The molecule has 0 aliphatic carbocycles. The Bertz CT molecular complexity index is 3140. The van der Waals surface area contributed by atoms with Crippen LogP contribution in [0.5, 0.6) is 0 Å². The normalized spacial score (nSPS) is 11.8. The molecule has 0 fully saturated rings. The Morgan fingerprint density at radius 3 is 1.77 bits per heavy atom. The Morgan fingerprint density at radius 1 is 0.358 bits per heavy atom. The topological polar surface area (TPSA) is 56.5 Å². The molecule has 0 saturated heterocycles. The van der Waals surface area contributed by atoms with Crippen molar-refractivity contribution in [2.24, 2.45) is 0 Å². The molecule has 4 aromatic heterocycles. The van der Waals surface area contributed by atoms with Crippen molar-refractivity contribution in [1.82, 2.24) is 24.5 Å². The van der Waals surface area contributed by atoms with Crippen molar-refractivity contribution in [3.05, 3.63) is 164 Å². The van der Waals surface area contributed by atoms with E-state index in [0.717, 1.165) is 49.5 Å². The highest BCUT2D eigenvalue weighted by atomic mass is 32.1. The predicted molar refractivity (Wildman–Crippen MR) is 222 cm³/mol. The third kappa shape index (κ3) is 5.04. The van der Waals surface area contributed by atoms with Gasteiger partial charge in [0.2, 0.25) is 0 Å². The summed E-state index contributed by atoms with van der Waals surface area (Å²) >= 11 is 3.54. The van der Waals surface area contributed by atoms with Crippen LogP contribution in [0.2, 0.25) is 0 Å². The van der Waals surface area contributed by atoms with E-state index >= 15 is 0 Å². The number of benzene rings is 7. The number of thiophene rings is 1. The number of thiazole rings is 1. The first-order valence-electron chi connectivity index (χ1n) is 17.5. The van der Waals surface area contributed by atoms with Crippen LogP contribution in [0.4, 0.5) is 0 Å². The van der Waals surface area contributed by atoms with Gasteiger partial charge in [0, 0.05) is 58.9 Å². The van der Waals surface area contributed by atoms with Gasteiger partial charge >= 0.3 is 0 Å². The number of fused-ring (bicyclic) bond motifs is 7. The van der Waals surface area contributed by atoms with Crippen LogP contribution in [0, 0.1) is 0 Å². The van der Waals surface area contributed by atoms with Crippen LogP contribution in [-0.4, -0.2) is 24.5 Å². The largest absolute Gasteiger partial charge is 0.309 e. The van der Waals surface area contributed by atoms with Crippen molar-refractivity contribution in [3.8, 4) is 50.4 Å². The maximum Gasteiger partial charge on any atom is 0.164 e. The van der Waals surface area contributed by atoms with Crippen molar-refractivity contribution in [2.75, 3.05) is 0 Å². The quantitative estimate of drug-likeness (QED) is 0.178. The fourth-order valence-corrected chi connectivity index (χ4v) is 9.40. The third-order valence-electron chi connectivity index (χ3n) is 9.90. The van der Waals surface area contributed by atoms with Crippen LogP contribution in [0.3, 0.4) is 0 Å². The van der Waals surface area contributed by atoms with E-state index in [1.807, 2.05) is 47.7 Å². The molecule has 248 valence electrons. The summed E-state index contributed by atoms with van der Waals surface area (Å²) in [6.45, 7) is 0. The van der Waals surface area contributed by atoms with Crippen LogP contribution in [0.15, 0.2) is 164 Å². The lowest BCUT2D eigenvalue weighted by Crippen LogP contribution is -2.00. The zero-order valence-corrected chi connectivity index (χ0v) is 29.8. The van der Waals surface area contributed by atoms with Crippen molar-refractivity contribution in [1.29, 1.82) is 0 Å². The molecule has 0 saturated carbocycles. The first-order chi connectivity index (χ1) is 26.2. The van der Waals surface area contributed by atoms with Gasteiger partial charge in [0.25, 0.3) is 0 Å². The van der Waals surface area contributed by atoms with E-state index in [1.54, 1.807) is 11.3 Å². The van der Waals surface area contributed by atoms with Crippen molar-refractivity contribution in [2.45, 2.75) is 0 Å². The molecule has 7 heteroatoms. The summed E-state index contributed by atoms with van der Waals surface area (Å²) in [6, 6.07) is 57.5. The van der Waals surface area contributed by atoms with E-state index in [-0.39, 0.29) is 0 Å². The summed E-state index contributed by atoms with van der Waals surface area (Å²) in [5.74, 6) is 1.94. The highest BCUT2D eigenvalue weighted by molar-refractivity contribution is 7.25. The minimum Gasteiger partial charge on any atom is -0.309 e. The van der Waals surface area contributed by atoms with Gasteiger partial charge in [-0.1, -0.05) is 91.0 Å². The van der Waals surface area contributed by atoms with Gasteiger partial charge in [0.1, 0.15) is 5.01 Å². The monoisotopic (exact) mass is 713 g/mol. The Balaban J connectivity index is 1.04. The molecule has 11 rings (SSSR count). The van der Waals surface area contributed by atoms with Crippen LogP contribution < -0.4 is 0 Å². The molecule has 5 nitrogen and oxygen atoms in total. The highest BCUT2D eigenvalue weighted by Crippen LogP contribution is 2.39. The van der Waals surface area contributed by atoms with E-state index in [1.165, 1.54) is 35.6 Å². The molecular formula is C46H27N5S2. The molecule has 0 spiro atoms. The molecule has 0 atom stereocenters. The molecule has 11 aromatic rings. The predicted octanol–water partition coefficient (Wildman–Crippen LogP) is 12.6. The summed E-state index contributed by atoms with van der Waals surface area (Å²) in [7, 11) is 0. The average Bonchev–Trinajstić information content (AvgIpc) is 3.92. The third-order valence-corrected chi connectivity index (χ3v) is 12.1. The minimum absolute atomic E-state index is 0.635. The highest BCUT2D eigenvalue weighted by Gasteiger charge is 2.17.